The number of carbonyl (C=O) groups excluding carboxylic acids is 2. The van der Waals surface area contributed by atoms with Gasteiger partial charge in [0.05, 0.1) is 5.69 Å². The summed E-state index contributed by atoms with van der Waals surface area (Å²) in [6.07, 6.45) is 0. The van der Waals surface area contributed by atoms with Gasteiger partial charge in [0.2, 0.25) is 5.91 Å². The van der Waals surface area contributed by atoms with Gasteiger partial charge < -0.3 is 10.6 Å². The molecule has 0 aliphatic heterocycles. The van der Waals surface area contributed by atoms with E-state index in [4.69, 9.17) is 0 Å². The number of benzene rings is 1. The van der Waals surface area contributed by atoms with E-state index in [2.05, 4.69) is 15.6 Å². The number of hydrogen-bond donors (Lipinski definition) is 2. The van der Waals surface area contributed by atoms with Crippen LogP contribution in [0.4, 0.5) is 11.4 Å². The third kappa shape index (κ3) is 3.69. The summed E-state index contributed by atoms with van der Waals surface area (Å²) in [6.45, 7) is 3.29. The Hall–Kier alpha value is -2.51. The molecule has 2 N–H and O–H groups in total. The average molecular weight is 357 g/mol. The fourth-order valence-electron chi connectivity index (χ4n) is 2.14. The number of aromatic nitrogens is 1. The van der Waals surface area contributed by atoms with Gasteiger partial charge >= 0.3 is 0 Å². The van der Waals surface area contributed by atoms with Gasteiger partial charge in [0.25, 0.3) is 5.91 Å². The van der Waals surface area contributed by atoms with E-state index in [0.717, 1.165) is 10.6 Å². The third-order valence-corrected chi connectivity index (χ3v) is 5.12. The van der Waals surface area contributed by atoms with Crippen LogP contribution >= 0.6 is 22.7 Å². The normalized spacial score (nSPS) is 10.4. The molecule has 3 rings (SSSR count). The Bertz CT molecular complexity index is 868. The van der Waals surface area contributed by atoms with Crippen LogP contribution in [0.3, 0.4) is 0 Å². The molecule has 2 amide bonds. The van der Waals surface area contributed by atoms with Gasteiger partial charge in [-0.25, -0.2) is 4.98 Å². The zero-order chi connectivity index (χ0) is 17.1. The van der Waals surface area contributed by atoms with Crippen LogP contribution in [0.2, 0.25) is 0 Å². The molecule has 0 spiro atoms. The molecule has 2 aromatic heterocycles. The van der Waals surface area contributed by atoms with Crippen molar-refractivity contribution >= 4 is 45.9 Å². The topological polar surface area (TPSA) is 71.1 Å². The molecule has 0 atom stereocenters. The molecule has 0 saturated carbocycles. The van der Waals surface area contributed by atoms with Crippen molar-refractivity contribution in [3.8, 4) is 10.6 Å². The van der Waals surface area contributed by atoms with Crippen molar-refractivity contribution in [2.24, 2.45) is 0 Å². The summed E-state index contributed by atoms with van der Waals surface area (Å²) in [5, 5.41) is 10.4. The van der Waals surface area contributed by atoms with Gasteiger partial charge in [-0.3, -0.25) is 9.59 Å². The fraction of sp³-hybridized carbons (Fsp3) is 0.118. The summed E-state index contributed by atoms with van der Waals surface area (Å²) in [6, 6.07) is 8.98. The van der Waals surface area contributed by atoms with Crippen LogP contribution in [-0.2, 0) is 4.79 Å². The van der Waals surface area contributed by atoms with Crippen LogP contribution in [0.15, 0.2) is 41.1 Å². The lowest BCUT2D eigenvalue weighted by molar-refractivity contribution is -0.114. The smallest absolute Gasteiger partial charge is 0.267 e. The molecular formula is C17H15N3O2S2. The standard InChI is InChI=1S/C17H15N3O2S2/c1-10-15(24-17(18-10)12-7-8-23-9-12)16(22)20-14-5-3-13(4-6-14)19-11(2)21/h3-9H,1-2H3,(H,19,21)(H,20,22). The molecule has 0 unspecified atom stereocenters. The minimum absolute atomic E-state index is 0.131. The highest BCUT2D eigenvalue weighted by Gasteiger charge is 2.16. The summed E-state index contributed by atoms with van der Waals surface area (Å²) < 4.78 is 0. The van der Waals surface area contributed by atoms with Crippen molar-refractivity contribution in [2.45, 2.75) is 13.8 Å². The number of carbonyl (C=O) groups is 2. The predicted molar refractivity (Wildman–Crippen MR) is 98.9 cm³/mol. The van der Waals surface area contributed by atoms with Crippen molar-refractivity contribution in [3.05, 3.63) is 51.7 Å². The number of rotatable bonds is 4. The maximum atomic E-state index is 12.5. The van der Waals surface area contributed by atoms with Gasteiger partial charge in [-0.05, 0) is 42.6 Å². The third-order valence-electron chi connectivity index (χ3n) is 3.23. The zero-order valence-corrected chi connectivity index (χ0v) is 14.8. The van der Waals surface area contributed by atoms with E-state index >= 15 is 0 Å². The molecule has 0 aliphatic carbocycles. The van der Waals surface area contributed by atoms with Crippen LogP contribution in [0.25, 0.3) is 10.6 Å². The van der Waals surface area contributed by atoms with Gasteiger partial charge in [-0.1, -0.05) is 0 Å². The second-order valence-electron chi connectivity index (χ2n) is 5.16. The number of amides is 2. The molecule has 3 aromatic rings. The molecule has 1 aromatic carbocycles. The van der Waals surface area contributed by atoms with E-state index < -0.39 is 0 Å². The Kier molecular flexibility index (Phi) is 4.73. The predicted octanol–water partition coefficient (Wildman–Crippen LogP) is 4.39. The zero-order valence-electron chi connectivity index (χ0n) is 13.1. The molecule has 0 aliphatic rings. The number of aryl methyl sites for hydroxylation is 1. The van der Waals surface area contributed by atoms with Crippen LogP contribution in [-0.4, -0.2) is 16.8 Å². The Morgan fingerprint density at radius 2 is 1.71 bits per heavy atom. The van der Waals surface area contributed by atoms with Crippen molar-refractivity contribution in [1.82, 2.24) is 4.98 Å². The van der Waals surface area contributed by atoms with Crippen molar-refractivity contribution in [1.29, 1.82) is 0 Å². The van der Waals surface area contributed by atoms with E-state index in [1.54, 1.807) is 35.6 Å². The summed E-state index contributed by atoms with van der Waals surface area (Å²) >= 11 is 2.98. The molecule has 0 saturated heterocycles. The Morgan fingerprint density at radius 1 is 1.04 bits per heavy atom. The number of anilines is 2. The molecular weight excluding hydrogens is 342 g/mol. The molecule has 5 nitrogen and oxygen atoms in total. The highest BCUT2D eigenvalue weighted by Crippen LogP contribution is 2.30. The average Bonchev–Trinajstić information content (AvgIpc) is 3.18. The largest absolute Gasteiger partial charge is 0.326 e. The van der Waals surface area contributed by atoms with Crippen LogP contribution in [0, 0.1) is 6.92 Å². The number of hydrogen-bond acceptors (Lipinski definition) is 5. The Morgan fingerprint density at radius 3 is 2.29 bits per heavy atom. The molecule has 0 bridgehead atoms. The fourth-order valence-corrected chi connectivity index (χ4v) is 3.82. The quantitative estimate of drug-likeness (QED) is 0.727. The monoisotopic (exact) mass is 357 g/mol. The van der Waals surface area contributed by atoms with Gasteiger partial charge in [-0.15, -0.1) is 11.3 Å². The molecule has 24 heavy (non-hydrogen) atoms. The van der Waals surface area contributed by atoms with Crippen LogP contribution in [0.1, 0.15) is 22.3 Å². The lowest BCUT2D eigenvalue weighted by atomic mass is 10.2. The van der Waals surface area contributed by atoms with E-state index in [1.165, 1.54) is 18.3 Å². The molecule has 2 heterocycles. The van der Waals surface area contributed by atoms with E-state index in [1.807, 2.05) is 23.8 Å². The summed E-state index contributed by atoms with van der Waals surface area (Å²) in [4.78, 5) is 28.6. The maximum absolute atomic E-state index is 12.5. The number of thiazole rings is 1. The Balaban J connectivity index is 1.74. The second kappa shape index (κ2) is 6.94. The Labute approximate surface area is 147 Å². The number of thiophene rings is 1. The van der Waals surface area contributed by atoms with E-state index in [-0.39, 0.29) is 11.8 Å². The van der Waals surface area contributed by atoms with Crippen molar-refractivity contribution < 1.29 is 9.59 Å². The highest BCUT2D eigenvalue weighted by atomic mass is 32.1. The van der Waals surface area contributed by atoms with E-state index in [9.17, 15) is 9.59 Å². The molecule has 0 radical (unpaired) electrons. The summed E-state index contributed by atoms with van der Waals surface area (Å²) in [5.74, 6) is -0.313. The summed E-state index contributed by atoms with van der Waals surface area (Å²) in [5.41, 5.74) is 3.11. The first kappa shape index (κ1) is 16.4. The first-order chi connectivity index (χ1) is 11.5. The maximum Gasteiger partial charge on any atom is 0.267 e. The minimum Gasteiger partial charge on any atom is -0.326 e. The first-order valence-corrected chi connectivity index (χ1v) is 8.98. The van der Waals surface area contributed by atoms with Gasteiger partial charge in [-0.2, -0.15) is 11.3 Å². The number of nitrogens with zero attached hydrogens (tertiary/aromatic N) is 1. The van der Waals surface area contributed by atoms with Gasteiger partial charge in [0.15, 0.2) is 0 Å². The van der Waals surface area contributed by atoms with Gasteiger partial charge in [0, 0.05) is 29.2 Å². The lowest BCUT2D eigenvalue weighted by Crippen LogP contribution is -2.11. The van der Waals surface area contributed by atoms with Crippen LogP contribution in [0.5, 0.6) is 0 Å². The SMILES string of the molecule is CC(=O)Nc1ccc(NC(=O)c2sc(-c3ccsc3)nc2C)cc1. The number of nitrogens with one attached hydrogen (secondary N) is 2. The van der Waals surface area contributed by atoms with Crippen molar-refractivity contribution in [2.75, 3.05) is 10.6 Å². The highest BCUT2D eigenvalue weighted by molar-refractivity contribution is 7.17. The second-order valence-corrected chi connectivity index (χ2v) is 6.94. The first-order valence-electron chi connectivity index (χ1n) is 7.22. The minimum atomic E-state index is -0.182. The van der Waals surface area contributed by atoms with E-state index in [0.29, 0.717) is 21.9 Å². The molecule has 7 heteroatoms. The van der Waals surface area contributed by atoms with Crippen LogP contribution < -0.4 is 10.6 Å². The molecule has 0 fully saturated rings. The lowest BCUT2D eigenvalue weighted by Gasteiger charge is -2.06. The molecule has 122 valence electrons. The summed E-state index contributed by atoms with van der Waals surface area (Å²) in [7, 11) is 0. The van der Waals surface area contributed by atoms with Crippen molar-refractivity contribution in [3.63, 3.8) is 0 Å². The van der Waals surface area contributed by atoms with Gasteiger partial charge in [0.1, 0.15) is 9.88 Å².